The molecule has 2 aromatic rings. The molecular formula is C18H19NO3. The Labute approximate surface area is 129 Å². The second kappa shape index (κ2) is 5.81. The van der Waals surface area contributed by atoms with Crippen molar-refractivity contribution in [3.8, 4) is 5.75 Å². The third-order valence-electron chi connectivity index (χ3n) is 4.17. The van der Waals surface area contributed by atoms with Crippen molar-refractivity contribution in [1.82, 2.24) is 5.32 Å². The number of ether oxygens (including phenoxy) is 1. The van der Waals surface area contributed by atoms with Gasteiger partial charge in [-0.25, -0.2) is 0 Å². The Bertz CT molecular complexity index is 711. The Morgan fingerprint density at radius 3 is 2.77 bits per heavy atom. The van der Waals surface area contributed by atoms with E-state index in [9.17, 15) is 9.90 Å². The lowest BCUT2D eigenvalue weighted by Gasteiger charge is -2.19. The second-order valence-electron chi connectivity index (χ2n) is 5.60. The molecule has 0 spiro atoms. The van der Waals surface area contributed by atoms with Crippen molar-refractivity contribution in [1.29, 1.82) is 0 Å². The lowest BCUT2D eigenvalue weighted by atomic mass is 10.0. The first-order valence-corrected chi connectivity index (χ1v) is 7.31. The predicted octanol–water partition coefficient (Wildman–Crippen LogP) is 2.39. The fourth-order valence-corrected chi connectivity index (χ4v) is 2.98. The van der Waals surface area contributed by atoms with Gasteiger partial charge in [0.1, 0.15) is 5.75 Å². The van der Waals surface area contributed by atoms with Gasteiger partial charge in [-0.3, -0.25) is 4.79 Å². The van der Waals surface area contributed by atoms with Crippen LogP contribution in [0, 0.1) is 6.92 Å². The quantitative estimate of drug-likeness (QED) is 0.914. The van der Waals surface area contributed by atoms with Gasteiger partial charge in [0.05, 0.1) is 19.3 Å². The van der Waals surface area contributed by atoms with Gasteiger partial charge in [-0.15, -0.1) is 0 Å². The van der Waals surface area contributed by atoms with Gasteiger partial charge < -0.3 is 15.2 Å². The van der Waals surface area contributed by atoms with Gasteiger partial charge in [-0.05, 0) is 41.8 Å². The normalized spacial score (nSPS) is 19.6. The van der Waals surface area contributed by atoms with Crippen LogP contribution in [-0.4, -0.2) is 24.2 Å². The van der Waals surface area contributed by atoms with Crippen molar-refractivity contribution < 1.29 is 14.6 Å². The Morgan fingerprint density at radius 1 is 1.27 bits per heavy atom. The Balaban J connectivity index is 1.83. The van der Waals surface area contributed by atoms with Gasteiger partial charge in [0.25, 0.3) is 5.91 Å². The molecule has 1 aliphatic carbocycles. The fourth-order valence-electron chi connectivity index (χ4n) is 2.98. The Morgan fingerprint density at radius 2 is 2.05 bits per heavy atom. The number of aryl methyl sites for hydroxylation is 1. The molecule has 2 N–H and O–H groups in total. The number of hydrogen-bond acceptors (Lipinski definition) is 3. The summed E-state index contributed by atoms with van der Waals surface area (Å²) in [7, 11) is 1.60. The van der Waals surface area contributed by atoms with Crippen LogP contribution in [0.3, 0.4) is 0 Å². The first-order chi connectivity index (χ1) is 10.6. The monoisotopic (exact) mass is 297 g/mol. The highest BCUT2D eigenvalue weighted by Crippen LogP contribution is 2.31. The van der Waals surface area contributed by atoms with Crippen LogP contribution in [0.25, 0.3) is 0 Å². The van der Waals surface area contributed by atoms with E-state index in [1.165, 1.54) is 0 Å². The molecule has 4 nitrogen and oxygen atoms in total. The third kappa shape index (κ3) is 2.57. The molecule has 4 heteroatoms. The molecule has 1 amide bonds. The van der Waals surface area contributed by atoms with E-state index >= 15 is 0 Å². The first kappa shape index (κ1) is 14.6. The molecule has 1 aliphatic rings. The lowest BCUT2D eigenvalue weighted by Crippen LogP contribution is -2.34. The van der Waals surface area contributed by atoms with E-state index in [4.69, 9.17) is 4.74 Å². The number of aliphatic hydroxyl groups is 1. The highest BCUT2D eigenvalue weighted by atomic mass is 16.5. The van der Waals surface area contributed by atoms with Crippen LogP contribution in [0.2, 0.25) is 0 Å². The van der Waals surface area contributed by atoms with E-state index in [2.05, 4.69) is 5.32 Å². The summed E-state index contributed by atoms with van der Waals surface area (Å²) >= 11 is 0. The number of carbonyl (C=O) groups excluding carboxylic acids is 1. The van der Waals surface area contributed by atoms with Crippen LogP contribution in [-0.2, 0) is 6.42 Å². The molecule has 0 aromatic heterocycles. The highest BCUT2D eigenvalue weighted by molar-refractivity contribution is 5.96. The number of fused-ring (bicyclic) bond motifs is 1. The number of rotatable bonds is 3. The van der Waals surface area contributed by atoms with Gasteiger partial charge in [-0.2, -0.15) is 0 Å². The summed E-state index contributed by atoms with van der Waals surface area (Å²) in [5.41, 5.74) is 3.52. The van der Waals surface area contributed by atoms with E-state index in [0.717, 1.165) is 22.4 Å². The van der Waals surface area contributed by atoms with E-state index < -0.39 is 6.10 Å². The van der Waals surface area contributed by atoms with Crippen LogP contribution >= 0.6 is 0 Å². The van der Waals surface area contributed by atoms with E-state index in [0.29, 0.717) is 12.0 Å². The SMILES string of the molecule is COc1ccc(C(=O)N[C@H]2c3ccccc3C[C@H]2O)c(C)c1. The number of nitrogens with one attached hydrogen (secondary N) is 1. The van der Waals surface area contributed by atoms with Gasteiger partial charge in [0.2, 0.25) is 0 Å². The molecule has 22 heavy (non-hydrogen) atoms. The number of carbonyl (C=O) groups is 1. The smallest absolute Gasteiger partial charge is 0.252 e. The van der Waals surface area contributed by atoms with Crippen LogP contribution < -0.4 is 10.1 Å². The van der Waals surface area contributed by atoms with Crippen LogP contribution in [0.4, 0.5) is 0 Å². The van der Waals surface area contributed by atoms with Crippen molar-refractivity contribution in [2.24, 2.45) is 0 Å². The lowest BCUT2D eigenvalue weighted by molar-refractivity contribution is 0.0857. The summed E-state index contributed by atoms with van der Waals surface area (Å²) in [6.07, 6.45) is -0.0113. The summed E-state index contributed by atoms with van der Waals surface area (Å²) in [5.74, 6) is 0.543. The van der Waals surface area contributed by atoms with Crippen molar-refractivity contribution in [2.75, 3.05) is 7.11 Å². The molecule has 0 saturated heterocycles. The third-order valence-corrected chi connectivity index (χ3v) is 4.17. The maximum absolute atomic E-state index is 12.5. The zero-order valence-electron chi connectivity index (χ0n) is 12.7. The molecule has 2 aromatic carbocycles. The Kier molecular flexibility index (Phi) is 3.86. The largest absolute Gasteiger partial charge is 0.497 e. The Hall–Kier alpha value is -2.33. The maximum Gasteiger partial charge on any atom is 0.252 e. The molecule has 0 fully saturated rings. The zero-order chi connectivity index (χ0) is 15.7. The van der Waals surface area contributed by atoms with E-state index in [1.54, 1.807) is 19.2 Å². The molecule has 114 valence electrons. The number of hydrogen-bond donors (Lipinski definition) is 2. The number of amides is 1. The van der Waals surface area contributed by atoms with Gasteiger partial charge in [-0.1, -0.05) is 24.3 Å². The van der Waals surface area contributed by atoms with Gasteiger partial charge >= 0.3 is 0 Å². The standard InChI is InChI=1S/C18H19NO3/c1-11-9-13(22-2)7-8-14(11)18(21)19-17-15-6-4-3-5-12(15)10-16(17)20/h3-9,16-17,20H,10H2,1-2H3,(H,19,21)/t16-,17+/m1/s1. The summed E-state index contributed by atoms with van der Waals surface area (Å²) in [4.78, 5) is 12.5. The minimum Gasteiger partial charge on any atom is -0.497 e. The summed E-state index contributed by atoms with van der Waals surface area (Å²) < 4.78 is 5.16. The highest BCUT2D eigenvalue weighted by Gasteiger charge is 2.32. The molecule has 0 aliphatic heterocycles. The average molecular weight is 297 g/mol. The molecule has 2 atom stereocenters. The first-order valence-electron chi connectivity index (χ1n) is 7.31. The topological polar surface area (TPSA) is 58.6 Å². The van der Waals surface area contributed by atoms with Crippen molar-refractivity contribution in [3.63, 3.8) is 0 Å². The molecule has 0 radical (unpaired) electrons. The van der Waals surface area contributed by atoms with Gasteiger partial charge in [0, 0.05) is 12.0 Å². The molecule has 0 saturated carbocycles. The minimum absolute atomic E-state index is 0.180. The van der Waals surface area contributed by atoms with Crippen LogP contribution in [0.15, 0.2) is 42.5 Å². The molecule has 0 unspecified atom stereocenters. The van der Waals surface area contributed by atoms with Crippen LogP contribution in [0.5, 0.6) is 5.75 Å². The minimum atomic E-state index is -0.583. The zero-order valence-corrected chi connectivity index (χ0v) is 12.7. The van der Waals surface area contributed by atoms with Crippen molar-refractivity contribution >= 4 is 5.91 Å². The molecule has 0 bridgehead atoms. The molecule has 3 rings (SSSR count). The van der Waals surface area contributed by atoms with Crippen LogP contribution in [0.1, 0.15) is 33.1 Å². The van der Waals surface area contributed by atoms with E-state index in [-0.39, 0.29) is 11.9 Å². The molecular weight excluding hydrogens is 278 g/mol. The van der Waals surface area contributed by atoms with Gasteiger partial charge in [0.15, 0.2) is 0 Å². The number of benzene rings is 2. The summed E-state index contributed by atoms with van der Waals surface area (Å²) in [5, 5.41) is 13.2. The predicted molar refractivity (Wildman–Crippen MR) is 84.1 cm³/mol. The summed E-state index contributed by atoms with van der Waals surface area (Å²) in [6.45, 7) is 1.87. The average Bonchev–Trinajstić information content (AvgIpc) is 2.83. The van der Waals surface area contributed by atoms with E-state index in [1.807, 2.05) is 37.3 Å². The summed E-state index contributed by atoms with van der Waals surface area (Å²) in [6, 6.07) is 12.8. The number of methoxy groups -OCH3 is 1. The maximum atomic E-state index is 12.5. The van der Waals surface area contributed by atoms with Crippen molar-refractivity contribution in [3.05, 3.63) is 64.7 Å². The fraction of sp³-hybridized carbons (Fsp3) is 0.278. The second-order valence-corrected chi connectivity index (χ2v) is 5.60. The van der Waals surface area contributed by atoms with Crippen molar-refractivity contribution in [2.45, 2.75) is 25.5 Å². The molecule has 0 heterocycles. The number of aliphatic hydroxyl groups excluding tert-OH is 1.